The standard InChI is InChI=1S/C20H24N2O4/c1-4-26-17-9-10-18(14(2)11-17)22-20(24)19(23)21-12-15-5-7-16(8-6-15)13-25-3/h5-11H,4,12-13H2,1-3H3,(H,21,23)(H,22,24). The Morgan fingerprint density at radius 1 is 1.00 bits per heavy atom. The molecule has 2 aromatic carbocycles. The molecule has 2 rings (SSSR count). The van der Waals surface area contributed by atoms with Crippen LogP contribution in [0.4, 0.5) is 5.69 Å². The van der Waals surface area contributed by atoms with Crippen molar-refractivity contribution in [2.45, 2.75) is 27.0 Å². The molecule has 2 N–H and O–H groups in total. The average molecular weight is 356 g/mol. The van der Waals surface area contributed by atoms with Crippen LogP contribution in [-0.2, 0) is 27.5 Å². The topological polar surface area (TPSA) is 76.7 Å². The highest BCUT2D eigenvalue weighted by Gasteiger charge is 2.14. The van der Waals surface area contributed by atoms with Crippen molar-refractivity contribution in [2.75, 3.05) is 19.0 Å². The zero-order valence-electron chi connectivity index (χ0n) is 15.3. The first-order chi connectivity index (χ1) is 12.5. The lowest BCUT2D eigenvalue weighted by molar-refractivity contribution is -0.136. The SMILES string of the molecule is CCOc1ccc(NC(=O)C(=O)NCc2ccc(COC)cc2)c(C)c1. The fourth-order valence-corrected chi connectivity index (χ4v) is 2.39. The maximum atomic E-state index is 12.1. The van der Waals surface area contributed by atoms with Crippen LogP contribution in [-0.4, -0.2) is 25.5 Å². The van der Waals surface area contributed by atoms with Crippen molar-refractivity contribution in [3.63, 3.8) is 0 Å². The molecule has 0 radical (unpaired) electrons. The van der Waals surface area contributed by atoms with Crippen LogP contribution in [0.1, 0.15) is 23.6 Å². The minimum absolute atomic E-state index is 0.280. The predicted octanol–water partition coefficient (Wildman–Crippen LogP) is 2.80. The van der Waals surface area contributed by atoms with Crippen molar-refractivity contribution in [3.05, 3.63) is 59.2 Å². The van der Waals surface area contributed by atoms with Crippen LogP contribution in [0.3, 0.4) is 0 Å². The Morgan fingerprint density at radius 2 is 1.69 bits per heavy atom. The van der Waals surface area contributed by atoms with Gasteiger partial charge in [0.25, 0.3) is 0 Å². The van der Waals surface area contributed by atoms with Gasteiger partial charge in [0.1, 0.15) is 5.75 Å². The normalized spacial score (nSPS) is 10.3. The van der Waals surface area contributed by atoms with E-state index >= 15 is 0 Å². The van der Waals surface area contributed by atoms with Crippen molar-refractivity contribution < 1.29 is 19.1 Å². The van der Waals surface area contributed by atoms with Crippen molar-refractivity contribution in [1.29, 1.82) is 0 Å². The van der Waals surface area contributed by atoms with Crippen LogP contribution in [0, 0.1) is 6.92 Å². The number of carbonyl (C=O) groups is 2. The summed E-state index contributed by atoms with van der Waals surface area (Å²) in [6.07, 6.45) is 0. The van der Waals surface area contributed by atoms with Crippen LogP contribution in [0.5, 0.6) is 5.75 Å². The summed E-state index contributed by atoms with van der Waals surface area (Å²) in [5.74, 6) is -0.656. The molecule has 0 heterocycles. The Kier molecular flexibility index (Phi) is 7.17. The highest BCUT2D eigenvalue weighted by molar-refractivity contribution is 6.39. The van der Waals surface area contributed by atoms with E-state index in [0.29, 0.717) is 18.9 Å². The fraction of sp³-hybridized carbons (Fsp3) is 0.300. The number of anilines is 1. The summed E-state index contributed by atoms with van der Waals surface area (Å²) in [5.41, 5.74) is 3.36. The van der Waals surface area contributed by atoms with Crippen molar-refractivity contribution in [2.24, 2.45) is 0 Å². The zero-order valence-corrected chi connectivity index (χ0v) is 15.3. The molecule has 0 fully saturated rings. The molecule has 0 spiro atoms. The lowest BCUT2D eigenvalue weighted by Gasteiger charge is -2.11. The highest BCUT2D eigenvalue weighted by atomic mass is 16.5. The minimum atomic E-state index is -0.701. The third-order valence-corrected chi connectivity index (χ3v) is 3.75. The Bertz CT molecular complexity index is 757. The Morgan fingerprint density at radius 3 is 2.31 bits per heavy atom. The summed E-state index contributed by atoms with van der Waals surface area (Å²) in [7, 11) is 1.64. The van der Waals surface area contributed by atoms with Gasteiger partial charge >= 0.3 is 11.8 Å². The zero-order chi connectivity index (χ0) is 18.9. The van der Waals surface area contributed by atoms with Gasteiger partial charge in [-0.05, 0) is 48.7 Å². The molecule has 26 heavy (non-hydrogen) atoms. The monoisotopic (exact) mass is 356 g/mol. The summed E-state index contributed by atoms with van der Waals surface area (Å²) in [6.45, 7) is 5.14. The maximum Gasteiger partial charge on any atom is 0.313 e. The number of hydrogen-bond acceptors (Lipinski definition) is 4. The van der Waals surface area contributed by atoms with E-state index in [1.54, 1.807) is 19.2 Å². The molecule has 2 amide bonds. The molecule has 0 saturated heterocycles. The van der Waals surface area contributed by atoms with Crippen LogP contribution < -0.4 is 15.4 Å². The number of aryl methyl sites for hydroxylation is 1. The van der Waals surface area contributed by atoms with Crippen molar-refractivity contribution in [1.82, 2.24) is 5.32 Å². The van der Waals surface area contributed by atoms with Crippen LogP contribution in [0.2, 0.25) is 0 Å². The van der Waals surface area contributed by atoms with Gasteiger partial charge in [-0.3, -0.25) is 9.59 Å². The number of amides is 2. The second-order valence-electron chi connectivity index (χ2n) is 5.80. The number of hydrogen-bond donors (Lipinski definition) is 2. The molecule has 0 bridgehead atoms. The number of rotatable bonds is 7. The third kappa shape index (κ3) is 5.60. The van der Waals surface area contributed by atoms with Gasteiger partial charge in [0.05, 0.1) is 13.2 Å². The molecule has 0 aliphatic heterocycles. The maximum absolute atomic E-state index is 12.1. The summed E-state index contributed by atoms with van der Waals surface area (Å²) in [5, 5.41) is 5.23. The van der Waals surface area contributed by atoms with E-state index in [2.05, 4.69) is 10.6 Å². The van der Waals surface area contributed by atoms with E-state index in [9.17, 15) is 9.59 Å². The smallest absolute Gasteiger partial charge is 0.313 e. The summed E-state index contributed by atoms with van der Waals surface area (Å²) < 4.78 is 10.5. The first-order valence-corrected chi connectivity index (χ1v) is 8.43. The molecular weight excluding hydrogens is 332 g/mol. The van der Waals surface area contributed by atoms with Gasteiger partial charge < -0.3 is 20.1 Å². The molecule has 0 aliphatic rings. The summed E-state index contributed by atoms with van der Waals surface area (Å²) in [4.78, 5) is 24.1. The van der Waals surface area contributed by atoms with Gasteiger partial charge in [0.2, 0.25) is 0 Å². The van der Waals surface area contributed by atoms with E-state index in [1.165, 1.54) is 0 Å². The second-order valence-corrected chi connectivity index (χ2v) is 5.80. The van der Waals surface area contributed by atoms with Gasteiger partial charge in [-0.15, -0.1) is 0 Å². The summed E-state index contributed by atoms with van der Waals surface area (Å²) >= 11 is 0. The van der Waals surface area contributed by atoms with Gasteiger partial charge in [-0.1, -0.05) is 24.3 Å². The van der Waals surface area contributed by atoms with Gasteiger partial charge in [-0.2, -0.15) is 0 Å². The number of nitrogens with one attached hydrogen (secondary N) is 2. The third-order valence-electron chi connectivity index (χ3n) is 3.75. The van der Waals surface area contributed by atoms with E-state index in [0.717, 1.165) is 22.4 Å². The lowest BCUT2D eigenvalue weighted by atomic mass is 10.1. The molecule has 6 nitrogen and oxygen atoms in total. The molecule has 0 aromatic heterocycles. The van der Waals surface area contributed by atoms with E-state index < -0.39 is 11.8 Å². The Labute approximate surface area is 153 Å². The number of methoxy groups -OCH3 is 1. The van der Waals surface area contributed by atoms with Gasteiger partial charge in [0.15, 0.2) is 0 Å². The number of ether oxygens (including phenoxy) is 2. The fourth-order valence-electron chi connectivity index (χ4n) is 2.39. The molecule has 6 heteroatoms. The molecule has 0 unspecified atom stereocenters. The lowest BCUT2D eigenvalue weighted by Crippen LogP contribution is -2.35. The molecule has 0 saturated carbocycles. The van der Waals surface area contributed by atoms with Crippen LogP contribution >= 0.6 is 0 Å². The van der Waals surface area contributed by atoms with Crippen molar-refractivity contribution in [3.8, 4) is 5.75 Å². The number of benzene rings is 2. The highest BCUT2D eigenvalue weighted by Crippen LogP contribution is 2.21. The molecular formula is C20H24N2O4. The second kappa shape index (κ2) is 9.58. The van der Waals surface area contributed by atoms with E-state index in [4.69, 9.17) is 9.47 Å². The number of carbonyl (C=O) groups excluding carboxylic acids is 2. The quantitative estimate of drug-likeness (QED) is 0.748. The Balaban J connectivity index is 1.88. The van der Waals surface area contributed by atoms with Crippen LogP contribution in [0.25, 0.3) is 0 Å². The van der Waals surface area contributed by atoms with Crippen LogP contribution in [0.15, 0.2) is 42.5 Å². The first-order valence-electron chi connectivity index (χ1n) is 8.43. The van der Waals surface area contributed by atoms with Crippen molar-refractivity contribution >= 4 is 17.5 Å². The molecule has 0 aliphatic carbocycles. The Hall–Kier alpha value is -2.86. The predicted molar refractivity (Wildman–Crippen MR) is 100.0 cm³/mol. The molecule has 138 valence electrons. The van der Waals surface area contributed by atoms with Gasteiger partial charge in [0, 0.05) is 19.3 Å². The largest absolute Gasteiger partial charge is 0.494 e. The summed E-state index contributed by atoms with van der Waals surface area (Å²) in [6, 6.07) is 12.9. The van der Waals surface area contributed by atoms with E-state index in [-0.39, 0.29) is 6.54 Å². The van der Waals surface area contributed by atoms with Gasteiger partial charge in [-0.25, -0.2) is 0 Å². The molecule has 0 atom stereocenters. The molecule has 2 aromatic rings. The minimum Gasteiger partial charge on any atom is -0.494 e. The average Bonchev–Trinajstić information content (AvgIpc) is 2.63. The van der Waals surface area contributed by atoms with E-state index in [1.807, 2.05) is 44.2 Å². The first kappa shape index (κ1) is 19.5.